The lowest BCUT2D eigenvalue weighted by atomic mass is 9.94. The monoisotopic (exact) mass is 804 g/mol. The molecule has 10 aromatic rings. The predicted octanol–water partition coefficient (Wildman–Crippen LogP) is 16.4. The van der Waals surface area contributed by atoms with Gasteiger partial charge in [0.1, 0.15) is 0 Å². The van der Waals surface area contributed by atoms with E-state index in [0.29, 0.717) is 22.7 Å². The van der Waals surface area contributed by atoms with E-state index in [1.807, 2.05) is 173 Å². The molecule has 296 valence electrons. The second kappa shape index (κ2) is 15.1. The Balaban J connectivity index is 1.21. The zero-order valence-electron chi connectivity index (χ0n) is 44.8. The van der Waals surface area contributed by atoms with E-state index in [9.17, 15) is 13.7 Å². The Morgan fingerprint density at radius 3 is 1.03 bits per heavy atom. The highest BCUT2D eigenvalue weighted by Gasteiger charge is 2.20. The maximum absolute atomic E-state index is 10.0. The quantitative estimate of drug-likeness (QED) is 0.151. The summed E-state index contributed by atoms with van der Waals surface area (Å²) in [4.78, 5) is 3.61. The lowest BCUT2D eigenvalue weighted by Crippen LogP contribution is -2.13. The summed E-state index contributed by atoms with van der Waals surface area (Å²) < 4.78 is 97.8. The van der Waals surface area contributed by atoms with Gasteiger partial charge in [0.15, 0.2) is 0 Å². The molecule has 0 aliphatic heterocycles. The highest BCUT2D eigenvalue weighted by Crippen LogP contribution is 2.43. The van der Waals surface area contributed by atoms with Crippen LogP contribution in [0.5, 0.6) is 0 Å². The number of hydrogen-bond donors (Lipinski definition) is 0. The molecule has 0 spiro atoms. The smallest absolute Gasteiger partial charge is 0.0651 e. The molecule has 0 atom stereocenters. The van der Waals surface area contributed by atoms with Gasteiger partial charge in [-0.05, 0) is 187 Å². The molecule has 0 N–H and O–H groups in total. The van der Waals surface area contributed by atoms with Gasteiger partial charge in [-0.1, -0.05) is 133 Å². The third kappa shape index (κ3) is 6.44. The number of hydrogen-bond acceptors (Lipinski definition) is 2. The van der Waals surface area contributed by atoms with Crippen molar-refractivity contribution in [3.8, 4) is 22.3 Å². The van der Waals surface area contributed by atoms with Crippen molar-refractivity contribution in [3.63, 3.8) is 0 Å². The van der Waals surface area contributed by atoms with Crippen molar-refractivity contribution in [1.82, 2.24) is 0 Å². The van der Waals surface area contributed by atoms with E-state index in [0.717, 1.165) is 44.5 Å². The number of rotatable bonds is 8. The molecule has 1 aliphatic rings. The van der Waals surface area contributed by atoms with Crippen LogP contribution in [0, 0.1) is 48.6 Å². The van der Waals surface area contributed by atoms with E-state index in [2.05, 4.69) is 0 Å². The van der Waals surface area contributed by atoms with Crippen molar-refractivity contribution < 1.29 is 13.7 Å². The van der Waals surface area contributed by atoms with Gasteiger partial charge < -0.3 is 9.80 Å². The standard InChI is InChI=1S/C60H46N2/c1-39-15-11-16-40(2)59(39)61(51-25-13-23-45(31-51)43-19-7-5-8-20-43)53-29-27-47-35-55-56-36-48-28-30-54(34-50(48)38-58(56)57(55)37-49(47)33-53)62(60-41(3)17-12-18-42(60)4)52-26-14-24-46(32-52)44-21-9-6-10-22-44/h5-38H,1-4H3/i27D,28D,29D,30D,33D,34D,35D,36D,37D,38D. The maximum atomic E-state index is 10.0. The second-order valence-electron chi connectivity index (χ2n) is 15.9. The third-order valence-corrected chi connectivity index (χ3v) is 11.8. The topological polar surface area (TPSA) is 6.48 Å². The molecule has 2 nitrogen and oxygen atoms in total. The molecular weight excluding hydrogens is 749 g/mol. The fraction of sp³-hybridized carbons (Fsp3) is 0.0667. The van der Waals surface area contributed by atoms with Crippen molar-refractivity contribution in [3.05, 3.63) is 249 Å². The lowest BCUT2D eigenvalue weighted by Gasteiger charge is -2.29. The minimum atomic E-state index is -0.366. The van der Waals surface area contributed by atoms with E-state index >= 15 is 0 Å². The van der Waals surface area contributed by atoms with Crippen molar-refractivity contribution in [2.45, 2.75) is 27.7 Å². The Bertz CT molecular complexity index is 3860. The van der Waals surface area contributed by atoms with Crippen LogP contribution in [0.4, 0.5) is 34.1 Å². The zero-order chi connectivity index (χ0) is 50.6. The molecule has 2 heteroatoms. The summed E-state index contributed by atoms with van der Waals surface area (Å²) in [5.74, 6) is 0. The number of anilines is 6. The summed E-state index contributed by atoms with van der Waals surface area (Å²) in [6.45, 7) is 7.79. The highest BCUT2D eigenvalue weighted by molar-refractivity contribution is 5.93. The largest absolute Gasteiger partial charge is 0.310 e. The maximum Gasteiger partial charge on any atom is 0.0651 e. The molecule has 62 heavy (non-hydrogen) atoms. The summed E-state index contributed by atoms with van der Waals surface area (Å²) >= 11 is 0. The summed E-state index contributed by atoms with van der Waals surface area (Å²) in [5.41, 5.74) is 9.90. The molecule has 0 amide bonds. The third-order valence-electron chi connectivity index (χ3n) is 11.8. The van der Waals surface area contributed by atoms with Gasteiger partial charge in [-0.25, -0.2) is 0 Å². The van der Waals surface area contributed by atoms with Crippen LogP contribution in [0.15, 0.2) is 206 Å². The fourth-order valence-electron chi connectivity index (χ4n) is 8.80. The van der Waals surface area contributed by atoms with Crippen molar-refractivity contribution in [2.75, 3.05) is 9.80 Å². The molecule has 0 aromatic heterocycles. The molecule has 0 unspecified atom stereocenters. The van der Waals surface area contributed by atoms with Gasteiger partial charge in [0.25, 0.3) is 0 Å². The van der Waals surface area contributed by atoms with E-state index < -0.39 is 0 Å². The van der Waals surface area contributed by atoms with Crippen LogP contribution in [-0.4, -0.2) is 0 Å². The van der Waals surface area contributed by atoms with E-state index in [-0.39, 0.29) is 114 Å². The van der Waals surface area contributed by atoms with Crippen LogP contribution < -0.4 is 9.80 Å². The summed E-state index contributed by atoms with van der Waals surface area (Å²) in [7, 11) is 0. The van der Waals surface area contributed by atoms with Gasteiger partial charge in [-0.15, -0.1) is 0 Å². The molecule has 0 bridgehead atoms. The highest BCUT2D eigenvalue weighted by atomic mass is 15.2. The van der Waals surface area contributed by atoms with Gasteiger partial charge >= 0.3 is 0 Å². The number of nitrogens with zero attached hydrogens (tertiary/aromatic N) is 2. The number of benzene rings is 10. The number of aryl methyl sites for hydroxylation is 4. The molecular formula is C60H46N2. The first-order chi connectivity index (χ1) is 34.6. The van der Waals surface area contributed by atoms with E-state index in [4.69, 9.17) is 0 Å². The average molecular weight is 805 g/mol. The van der Waals surface area contributed by atoms with Crippen LogP contribution in [0.1, 0.15) is 36.0 Å². The summed E-state index contributed by atoms with van der Waals surface area (Å²) in [6, 6.07) is 44.0. The lowest BCUT2D eigenvalue weighted by molar-refractivity contribution is 1.22. The van der Waals surface area contributed by atoms with Crippen LogP contribution in [0.3, 0.4) is 0 Å². The first-order valence-corrected chi connectivity index (χ1v) is 20.8. The van der Waals surface area contributed by atoms with Crippen LogP contribution in [-0.2, 0) is 0 Å². The molecule has 0 saturated heterocycles. The van der Waals surface area contributed by atoms with Crippen molar-refractivity contribution >= 4 is 55.7 Å². The molecule has 0 saturated carbocycles. The minimum Gasteiger partial charge on any atom is -0.310 e. The molecule has 1 aliphatic carbocycles. The molecule has 0 heterocycles. The van der Waals surface area contributed by atoms with Crippen LogP contribution in [0.2, 0.25) is 0 Å². The predicted molar refractivity (Wildman–Crippen MR) is 262 cm³/mol. The fourth-order valence-corrected chi connectivity index (χ4v) is 8.80. The van der Waals surface area contributed by atoms with Crippen LogP contribution in [0.25, 0.3) is 43.8 Å². The van der Waals surface area contributed by atoms with E-state index in [1.54, 1.807) is 9.80 Å². The van der Waals surface area contributed by atoms with Gasteiger partial charge in [0.05, 0.1) is 25.1 Å². The van der Waals surface area contributed by atoms with E-state index in [1.165, 1.54) is 0 Å². The molecule has 0 fully saturated rings. The van der Waals surface area contributed by atoms with Gasteiger partial charge in [0, 0.05) is 22.7 Å². The van der Waals surface area contributed by atoms with Gasteiger partial charge in [-0.3, -0.25) is 0 Å². The van der Waals surface area contributed by atoms with Crippen molar-refractivity contribution in [2.24, 2.45) is 0 Å². The summed E-state index contributed by atoms with van der Waals surface area (Å²) in [5, 5.41) is 0.205. The normalized spacial score (nSPS) is 13.8. The van der Waals surface area contributed by atoms with Gasteiger partial charge in [0.2, 0.25) is 0 Å². The van der Waals surface area contributed by atoms with Crippen LogP contribution >= 0.6 is 0 Å². The Labute approximate surface area is 377 Å². The molecule has 10 aromatic carbocycles. The SMILES string of the molecule is [2H]c1c(N(c2cccc(-c3ccccc3)c2)c2c(C)cccc2C)c([2H])c2c([2H])c3c(c([2H])c2c1[2H])=c1c([2H])c2c([2H])c([2H])c(N(c4cccc(-c5ccccc5)c4)c4c(C)cccc4C)c([2H])c2c([2H])c1=3. The second-order valence-corrected chi connectivity index (χ2v) is 15.9. The molecule has 0 radical (unpaired) electrons. The Hall–Kier alpha value is -7.68. The first-order valence-electron chi connectivity index (χ1n) is 25.8. The molecule has 11 rings (SSSR count). The first kappa shape index (κ1) is 28.0. The average Bonchev–Trinajstić information content (AvgIpc) is 3.36. The Morgan fingerprint density at radius 2 is 0.645 bits per heavy atom. The minimum absolute atomic E-state index is 0.0455. The number of para-hydroxylation sites is 2. The zero-order valence-corrected chi connectivity index (χ0v) is 34.8. The Morgan fingerprint density at radius 1 is 0.306 bits per heavy atom. The summed E-state index contributed by atoms with van der Waals surface area (Å²) in [6.07, 6.45) is 0. The number of fused-ring (bicyclic) bond motifs is 4. The Kier molecular flexibility index (Phi) is 6.81. The van der Waals surface area contributed by atoms with Gasteiger partial charge in [-0.2, -0.15) is 0 Å². The van der Waals surface area contributed by atoms with Crippen molar-refractivity contribution in [1.29, 1.82) is 0 Å².